The molecule has 1 aromatic heterocycles. The summed E-state index contributed by atoms with van der Waals surface area (Å²) in [4.78, 5) is 0. The van der Waals surface area contributed by atoms with Crippen molar-refractivity contribution in [2.24, 2.45) is 0 Å². The van der Waals surface area contributed by atoms with Crippen LogP contribution in [0.5, 0.6) is 0 Å². The zero-order valence-electron chi connectivity index (χ0n) is 10.4. The first-order valence-corrected chi connectivity index (χ1v) is 6.77. The Morgan fingerprint density at radius 2 is 1.65 bits per heavy atom. The summed E-state index contributed by atoms with van der Waals surface area (Å²) >= 11 is 12.2. The molecule has 1 heterocycles. The smallest absolute Gasteiger partial charge is 0.0971 e. The standard InChI is InChI=1S/C15H11Cl2N3/c16-11-7-5-10(6-8-11)15-13(18)9-19-20(15)14-4-2-1-3-12(14)17/h1-9H,18H2. The number of nitrogen functional groups attached to an aromatic ring is 1. The molecule has 3 rings (SSSR count). The topological polar surface area (TPSA) is 43.8 Å². The van der Waals surface area contributed by atoms with Crippen molar-refractivity contribution in [1.82, 2.24) is 9.78 Å². The molecule has 3 nitrogen and oxygen atoms in total. The highest BCUT2D eigenvalue weighted by Crippen LogP contribution is 2.31. The molecule has 0 unspecified atom stereocenters. The maximum atomic E-state index is 6.23. The van der Waals surface area contributed by atoms with Gasteiger partial charge in [0.05, 0.1) is 28.3 Å². The van der Waals surface area contributed by atoms with Gasteiger partial charge in [0.2, 0.25) is 0 Å². The van der Waals surface area contributed by atoms with Crippen molar-refractivity contribution in [3.05, 3.63) is 64.8 Å². The van der Waals surface area contributed by atoms with Crippen molar-refractivity contribution in [3.8, 4) is 16.9 Å². The molecule has 0 atom stereocenters. The number of hydrogen-bond acceptors (Lipinski definition) is 2. The van der Waals surface area contributed by atoms with Gasteiger partial charge in [0.1, 0.15) is 0 Å². The molecule has 0 saturated carbocycles. The maximum absolute atomic E-state index is 6.23. The number of para-hydroxylation sites is 1. The molecule has 2 N–H and O–H groups in total. The third-order valence-corrected chi connectivity index (χ3v) is 3.57. The lowest BCUT2D eigenvalue weighted by atomic mass is 10.1. The van der Waals surface area contributed by atoms with Crippen molar-refractivity contribution in [2.75, 3.05) is 5.73 Å². The lowest BCUT2D eigenvalue weighted by Crippen LogP contribution is -2.00. The van der Waals surface area contributed by atoms with Gasteiger partial charge in [0, 0.05) is 10.6 Å². The Hall–Kier alpha value is -1.97. The summed E-state index contributed by atoms with van der Waals surface area (Å²) in [5.41, 5.74) is 9.15. The molecule has 0 radical (unpaired) electrons. The fourth-order valence-corrected chi connectivity index (χ4v) is 2.41. The normalized spacial score (nSPS) is 10.7. The molecule has 0 fully saturated rings. The number of hydrogen-bond donors (Lipinski definition) is 1. The van der Waals surface area contributed by atoms with Gasteiger partial charge in [-0.25, -0.2) is 4.68 Å². The van der Waals surface area contributed by atoms with Crippen LogP contribution >= 0.6 is 23.2 Å². The van der Waals surface area contributed by atoms with E-state index in [-0.39, 0.29) is 0 Å². The molecule has 0 aliphatic carbocycles. The van der Waals surface area contributed by atoms with E-state index >= 15 is 0 Å². The Balaban J connectivity index is 2.20. The molecule has 0 aliphatic heterocycles. The molecule has 0 bridgehead atoms. The van der Waals surface area contributed by atoms with Crippen LogP contribution in [-0.4, -0.2) is 9.78 Å². The third kappa shape index (κ3) is 2.26. The Kier molecular flexibility index (Phi) is 3.38. The van der Waals surface area contributed by atoms with Crippen molar-refractivity contribution >= 4 is 28.9 Å². The second kappa shape index (κ2) is 5.19. The highest BCUT2D eigenvalue weighted by molar-refractivity contribution is 6.32. The van der Waals surface area contributed by atoms with Crippen LogP contribution in [0.2, 0.25) is 10.0 Å². The van der Waals surface area contributed by atoms with Crippen LogP contribution in [0.1, 0.15) is 0 Å². The highest BCUT2D eigenvalue weighted by atomic mass is 35.5. The Labute approximate surface area is 126 Å². The van der Waals surface area contributed by atoms with Gasteiger partial charge in [-0.05, 0) is 24.3 Å². The van der Waals surface area contributed by atoms with E-state index in [2.05, 4.69) is 5.10 Å². The summed E-state index contributed by atoms with van der Waals surface area (Å²) in [6, 6.07) is 15.0. The van der Waals surface area contributed by atoms with Crippen molar-refractivity contribution in [3.63, 3.8) is 0 Å². The molecule has 0 aliphatic rings. The summed E-state index contributed by atoms with van der Waals surface area (Å²) in [6.07, 6.45) is 1.62. The van der Waals surface area contributed by atoms with E-state index in [1.807, 2.05) is 48.5 Å². The minimum Gasteiger partial charge on any atom is -0.396 e. The van der Waals surface area contributed by atoms with Gasteiger partial charge in [-0.15, -0.1) is 0 Å². The predicted molar refractivity (Wildman–Crippen MR) is 83.4 cm³/mol. The number of benzene rings is 2. The largest absolute Gasteiger partial charge is 0.396 e. The van der Waals surface area contributed by atoms with Gasteiger partial charge < -0.3 is 5.73 Å². The van der Waals surface area contributed by atoms with E-state index in [1.54, 1.807) is 10.9 Å². The van der Waals surface area contributed by atoms with Crippen LogP contribution in [0.25, 0.3) is 16.9 Å². The summed E-state index contributed by atoms with van der Waals surface area (Å²) < 4.78 is 1.74. The van der Waals surface area contributed by atoms with Gasteiger partial charge in [-0.2, -0.15) is 5.10 Å². The first-order chi connectivity index (χ1) is 9.66. The molecular formula is C15H11Cl2N3. The SMILES string of the molecule is Nc1cnn(-c2ccccc2Cl)c1-c1ccc(Cl)cc1. The number of halogens is 2. The Bertz CT molecular complexity index is 748. The zero-order chi connectivity index (χ0) is 14.1. The lowest BCUT2D eigenvalue weighted by molar-refractivity contribution is 0.888. The van der Waals surface area contributed by atoms with Crippen LogP contribution in [0.4, 0.5) is 5.69 Å². The van der Waals surface area contributed by atoms with Crippen molar-refractivity contribution < 1.29 is 0 Å². The van der Waals surface area contributed by atoms with Gasteiger partial charge in [0.25, 0.3) is 0 Å². The van der Waals surface area contributed by atoms with Crippen LogP contribution in [0.15, 0.2) is 54.7 Å². The number of rotatable bonds is 2. The molecule has 0 amide bonds. The van der Waals surface area contributed by atoms with Crippen LogP contribution in [0, 0.1) is 0 Å². The Morgan fingerprint density at radius 3 is 2.35 bits per heavy atom. The van der Waals surface area contributed by atoms with E-state index in [4.69, 9.17) is 28.9 Å². The van der Waals surface area contributed by atoms with Gasteiger partial charge >= 0.3 is 0 Å². The van der Waals surface area contributed by atoms with E-state index < -0.39 is 0 Å². The van der Waals surface area contributed by atoms with Crippen molar-refractivity contribution in [1.29, 1.82) is 0 Å². The fraction of sp³-hybridized carbons (Fsp3) is 0. The minimum atomic E-state index is 0.590. The predicted octanol–water partition coefficient (Wildman–Crippen LogP) is 4.43. The number of anilines is 1. The number of aromatic nitrogens is 2. The average molecular weight is 304 g/mol. The van der Waals surface area contributed by atoms with E-state index in [9.17, 15) is 0 Å². The van der Waals surface area contributed by atoms with E-state index in [0.717, 1.165) is 16.9 Å². The molecular weight excluding hydrogens is 293 g/mol. The molecule has 0 saturated heterocycles. The molecule has 2 aromatic carbocycles. The van der Waals surface area contributed by atoms with Gasteiger partial charge in [0.15, 0.2) is 0 Å². The summed E-state index contributed by atoms with van der Waals surface area (Å²) in [6.45, 7) is 0. The maximum Gasteiger partial charge on any atom is 0.0971 e. The van der Waals surface area contributed by atoms with Crippen LogP contribution < -0.4 is 5.73 Å². The lowest BCUT2D eigenvalue weighted by Gasteiger charge is -2.10. The summed E-state index contributed by atoms with van der Waals surface area (Å²) in [5, 5.41) is 5.61. The first kappa shape index (κ1) is 13.0. The molecule has 3 aromatic rings. The Morgan fingerprint density at radius 1 is 0.950 bits per heavy atom. The molecule has 0 spiro atoms. The second-order valence-corrected chi connectivity index (χ2v) is 5.16. The van der Waals surface area contributed by atoms with Crippen molar-refractivity contribution in [2.45, 2.75) is 0 Å². The van der Waals surface area contributed by atoms with Crippen LogP contribution in [-0.2, 0) is 0 Å². The third-order valence-electron chi connectivity index (χ3n) is 3.00. The zero-order valence-corrected chi connectivity index (χ0v) is 11.9. The summed E-state index contributed by atoms with van der Waals surface area (Å²) in [7, 11) is 0. The minimum absolute atomic E-state index is 0.590. The average Bonchev–Trinajstić information content (AvgIpc) is 2.82. The molecule has 5 heteroatoms. The monoisotopic (exact) mass is 303 g/mol. The van der Waals surface area contributed by atoms with Gasteiger partial charge in [-0.3, -0.25) is 0 Å². The van der Waals surface area contributed by atoms with Crippen LogP contribution in [0.3, 0.4) is 0 Å². The molecule has 100 valence electrons. The number of nitrogens with zero attached hydrogens (tertiary/aromatic N) is 2. The van der Waals surface area contributed by atoms with E-state index in [1.165, 1.54) is 0 Å². The quantitative estimate of drug-likeness (QED) is 0.761. The summed E-state index contributed by atoms with van der Waals surface area (Å²) in [5.74, 6) is 0. The van der Waals surface area contributed by atoms with E-state index in [0.29, 0.717) is 15.7 Å². The first-order valence-electron chi connectivity index (χ1n) is 6.01. The number of nitrogens with two attached hydrogens (primary N) is 1. The molecule has 20 heavy (non-hydrogen) atoms. The fourth-order valence-electron chi connectivity index (χ4n) is 2.06. The van der Waals surface area contributed by atoms with Gasteiger partial charge in [-0.1, -0.05) is 47.5 Å². The second-order valence-electron chi connectivity index (χ2n) is 4.32. The highest BCUT2D eigenvalue weighted by Gasteiger charge is 2.14.